The van der Waals surface area contributed by atoms with Crippen molar-refractivity contribution in [1.82, 2.24) is 0 Å². The fourth-order valence-corrected chi connectivity index (χ4v) is 7.67. The number of allylic oxidation sites excluding steroid dienone is 8. The number of carbonyl (C=O) groups is 3. The van der Waals surface area contributed by atoms with E-state index in [0.717, 1.165) is 96.3 Å². The first-order valence-electron chi connectivity index (χ1n) is 27.1. The van der Waals surface area contributed by atoms with Crippen LogP contribution < -0.4 is 0 Å². The van der Waals surface area contributed by atoms with Crippen LogP contribution in [0.3, 0.4) is 0 Å². The monoisotopic (exact) mass is 883 g/mol. The highest BCUT2D eigenvalue weighted by atomic mass is 16.6. The van der Waals surface area contributed by atoms with Crippen LogP contribution in [0.5, 0.6) is 0 Å². The molecule has 0 rings (SSSR count). The zero-order valence-electron chi connectivity index (χ0n) is 41.8. The van der Waals surface area contributed by atoms with Crippen LogP contribution in [0.2, 0.25) is 0 Å². The first-order valence-corrected chi connectivity index (χ1v) is 27.1. The fraction of sp³-hybridized carbons (Fsp3) is 0.807. The summed E-state index contributed by atoms with van der Waals surface area (Å²) < 4.78 is 16.8. The molecule has 0 spiro atoms. The Bertz CT molecular complexity index is 1110. The van der Waals surface area contributed by atoms with Gasteiger partial charge in [-0.25, -0.2) is 0 Å². The van der Waals surface area contributed by atoms with E-state index < -0.39 is 6.10 Å². The molecule has 0 aromatic heterocycles. The second-order valence-corrected chi connectivity index (χ2v) is 18.1. The Kier molecular flexibility index (Phi) is 49.8. The summed E-state index contributed by atoms with van der Waals surface area (Å²) >= 11 is 0. The summed E-state index contributed by atoms with van der Waals surface area (Å²) in [7, 11) is 0. The molecule has 0 aliphatic rings. The minimum Gasteiger partial charge on any atom is -0.462 e. The molecule has 0 aliphatic heterocycles. The predicted octanol–water partition coefficient (Wildman–Crippen LogP) is 17.9. The Hall–Kier alpha value is -2.63. The average Bonchev–Trinajstić information content (AvgIpc) is 3.28. The van der Waals surface area contributed by atoms with Crippen molar-refractivity contribution in [2.24, 2.45) is 0 Å². The summed E-state index contributed by atoms with van der Waals surface area (Å²) in [5.41, 5.74) is 0. The third-order valence-electron chi connectivity index (χ3n) is 11.8. The fourth-order valence-electron chi connectivity index (χ4n) is 7.67. The molecular weight excluding hydrogens is 781 g/mol. The molecule has 0 fully saturated rings. The van der Waals surface area contributed by atoms with Gasteiger partial charge in [-0.15, -0.1) is 0 Å². The second kappa shape index (κ2) is 52.0. The van der Waals surface area contributed by atoms with Crippen LogP contribution in [0.15, 0.2) is 48.6 Å². The maximum atomic E-state index is 12.8. The van der Waals surface area contributed by atoms with Gasteiger partial charge in [0, 0.05) is 19.3 Å². The number of esters is 3. The van der Waals surface area contributed by atoms with Gasteiger partial charge >= 0.3 is 17.9 Å². The number of carbonyl (C=O) groups excluding carboxylic acids is 3. The molecule has 0 saturated carbocycles. The highest BCUT2D eigenvalue weighted by molar-refractivity contribution is 5.71. The lowest BCUT2D eigenvalue weighted by molar-refractivity contribution is -0.167. The molecule has 0 unspecified atom stereocenters. The lowest BCUT2D eigenvalue weighted by Crippen LogP contribution is -2.30. The number of rotatable bonds is 49. The molecule has 0 heterocycles. The van der Waals surface area contributed by atoms with Crippen molar-refractivity contribution in [3.05, 3.63) is 48.6 Å². The maximum Gasteiger partial charge on any atom is 0.306 e. The number of unbranched alkanes of at least 4 members (excludes halogenated alkanes) is 30. The molecule has 63 heavy (non-hydrogen) atoms. The Morgan fingerprint density at radius 1 is 0.317 bits per heavy atom. The summed E-state index contributed by atoms with van der Waals surface area (Å²) in [6.45, 7) is 6.58. The smallest absolute Gasteiger partial charge is 0.306 e. The molecule has 0 aromatic carbocycles. The molecule has 0 aromatic rings. The molecule has 0 saturated heterocycles. The standard InChI is InChI=1S/C57H102O6/c1-4-7-10-13-16-19-22-25-28-29-30-33-35-38-41-44-47-50-56(59)62-53-54(63-57(60)51-48-45-42-39-36-32-27-24-21-18-15-12-9-6-3)52-61-55(58)49-46-43-40-37-34-31-26-23-20-17-14-11-8-5-2/h15-16,18-19,24-25,27-28,54H,4-14,17,20-23,26,29-53H2,1-3H3/b18-15+,19-16+,27-24+,28-25+/t54-/m1/s1. The molecule has 366 valence electrons. The zero-order chi connectivity index (χ0) is 45.8. The van der Waals surface area contributed by atoms with Gasteiger partial charge in [0.25, 0.3) is 0 Å². The van der Waals surface area contributed by atoms with Crippen molar-refractivity contribution in [2.75, 3.05) is 13.2 Å². The predicted molar refractivity (Wildman–Crippen MR) is 270 cm³/mol. The SMILES string of the molecule is CCCC/C=C/C/C=C/CCCCCCCC(=O)O[C@@H](COC(=O)CCCCCCCCC/C=C/C/C=C/CCCCC)COC(=O)CCCCCCCCCCCCCCCC. The first kappa shape index (κ1) is 60.4. The minimum atomic E-state index is -0.781. The van der Waals surface area contributed by atoms with Gasteiger partial charge in [0.1, 0.15) is 13.2 Å². The largest absolute Gasteiger partial charge is 0.462 e. The summed E-state index contributed by atoms with van der Waals surface area (Å²) in [6.07, 6.45) is 62.3. The second-order valence-electron chi connectivity index (χ2n) is 18.1. The van der Waals surface area contributed by atoms with Crippen LogP contribution in [0.25, 0.3) is 0 Å². The van der Waals surface area contributed by atoms with Gasteiger partial charge in [-0.1, -0.05) is 230 Å². The average molecular weight is 883 g/mol. The minimum absolute atomic E-state index is 0.0789. The van der Waals surface area contributed by atoms with Crippen molar-refractivity contribution in [3.63, 3.8) is 0 Å². The molecule has 0 bridgehead atoms. The molecule has 6 nitrogen and oxygen atoms in total. The molecule has 1 atom stereocenters. The molecule has 0 amide bonds. The van der Waals surface area contributed by atoms with Crippen LogP contribution in [-0.4, -0.2) is 37.2 Å². The number of hydrogen-bond donors (Lipinski definition) is 0. The normalized spacial score (nSPS) is 12.4. The van der Waals surface area contributed by atoms with Gasteiger partial charge in [-0.05, 0) is 77.0 Å². The van der Waals surface area contributed by atoms with E-state index in [9.17, 15) is 14.4 Å². The lowest BCUT2D eigenvalue weighted by Gasteiger charge is -2.18. The van der Waals surface area contributed by atoms with Crippen molar-refractivity contribution in [3.8, 4) is 0 Å². The first-order chi connectivity index (χ1) is 31.0. The summed E-state index contributed by atoms with van der Waals surface area (Å²) in [4.78, 5) is 38.0. The maximum absolute atomic E-state index is 12.8. The Labute approximate surface area is 390 Å². The highest BCUT2D eigenvalue weighted by Gasteiger charge is 2.19. The number of hydrogen-bond acceptors (Lipinski definition) is 6. The van der Waals surface area contributed by atoms with Crippen molar-refractivity contribution >= 4 is 17.9 Å². The van der Waals surface area contributed by atoms with Gasteiger partial charge < -0.3 is 14.2 Å². The van der Waals surface area contributed by atoms with E-state index in [-0.39, 0.29) is 31.1 Å². The van der Waals surface area contributed by atoms with E-state index in [1.165, 1.54) is 141 Å². The lowest BCUT2D eigenvalue weighted by atomic mass is 10.0. The van der Waals surface area contributed by atoms with Crippen molar-refractivity contribution < 1.29 is 28.6 Å². The van der Waals surface area contributed by atoms with E-state index >= 15 is 0 Å². The van der Waals surface area contributed by atoms with E-state index in [0.29, 0.717) is 19.3 Å². The van der Waals surface area contributed by atoms with Crippen LogP contribution in [0.4, 0.5) is 0 Å². The molecule has 6 heteroatoms. The van der Waals surface area contributed by atoms with E-state index in [4.69, 9.17) is 14.2 Å². The molecular formula is C57H102O6. The van der Waals surface area contributed by atoms with Gasteiger partial charge in [-0.2, -0.15) is 0 Å². The Morgan fingerprint density at radius 2 is 0.587 bits per heavy atom. The Morgan fingerprint density at radius 3 is 0.952 bits per heavy atom. The highest BCUT2D eigenvalue weighted by Crippen LogP contribution is 2.15. The quantitative estimate of drug-likeness (QED) is 0.0262. The molecule has 0 N–H and O–H groups in total. The van der Waals surface area contributed by atoms with Crippen LogP contribution in [0.1, 0.15) is 278 Å². The topological polar surface area (TPSA) is 78.9 Å². The van der Waals surface area contributed by atoms with Crippen molar-refractivity contribution in [1.29, 1.82) is 0 Å². The van der Waals surface area contributed by atoms with Crippen molar-refractivity contribution in [2.45, 2.75) is 284 Å². The van der Waals surface area contributed by atoms with E-state index in [1.807, 2.05) is 0 Å². The third-order valence-corrected chi connectivity index (χ3v) is 11.8. The van der Waals surface area contributed by atoms with E-state index in [1.54, 1.807) is 0 Å². The summed E-state index contributed by atoms with van der Waals surface area (Å²) in [5.74, 6) is -0.891. The third kappa shape index (κ3) is 50.2. The van der Waals surface area contributed by atoms with Gasteiger partial charge in [-0.3, -0.25) is 14.4 Å². The Balaban J connectivity index is 4.38. The van der Waals surface area contributed by atoms with Gasteiger partial charge in [0.15, 0.2) is 6.10 Å². The van der Waals surface area contributed by atoms with Gasteiger partial charge in [0.2, 0.25) is 0 Å². The van der Waals surface area contributed by atoms with Crippen LogP contribution in [0, 0.1) is 0 Å². The molecule has 0 aliphatic carbocycles. The van der Waals surface area contributed by atoms with Crippen LogP contribution in [-0.2, 0) is 28.6 Å². The van der Waals surface area contributed by atoms with Crippen LogP contribution >= 0.6 is 0 Å². The summed E-state index contributed by atoms with van der Waals surface area (Å²) in [6, 6.07) is 0. The number of ether oxygens (including phenoxy) is 3. The van der Waals surface area contributed by atoms with Gasteiger partial charge in [0.05, 0.1) is 0 Å². The van der Waals surface area contributed by atoms with E-state index in [2.05, 4.69) is 69.4 Å². The summed E-state index contributed by atoms with van der Waals surface area (Å²) in [5, 5.41) is 0. The molecule has 0 radical (unpaired) electrons. The zero-order valence-corrected chi connectivity index (χ0v) is 41.8.